The quantitative estimate of drug-likeness (QED) is 0.762. The van der Waals surface area contributed by atoms with Crippen LogP contribution in [0.3, 0.4) is 0 Å². The van der Waals surface area contributed by atoms with Crippen molar-refractivity contribution in [1.82, 2.24) is 4.90 Å². The normalized spacial score (nSPS) is 18.9. The van der Waals surface area contributed by atoms with Gasteiger partial charge in [-0.05, 0) is 37.7 Å². The third-order valence-electron chi connectivity index (χ3n) is 3.74. The van der Waals surface area contributed by atoms with Crippen molar-refractivity contribution in [3.05, 3.63) is 35.9 Å². The molecule has 0 unspecified atom stereocenters. The van der Waals surface area contributed by atoms with Crippen molar-refractivity contribution >= 4 is 17.7 Å². The van der Waals surface area contributed by atoms with E-state index in [4.69, 9.17) is 16.3 Å². The Morgan fingerprint density at radius 3 is 2.85 bits per heavy atom. The van der Waals surface area contributed by atoms with Crippen LogP contribution in [0.25, 0.3) is 0 Å². The molecule has 1 aliphatic heterocycles. The maximum Gasteiger partial charge on any atom is 0.410 e. The van der Waals surface area contributed by atoms with Gasteiger partial charge in [-0.15, -0.1) is 11.6 Å². The molecule has 1 aromatic rings. The zero-order valence-electron chi connectivity index (χ0n) is 11.8. The lowest BCUT2D eigenvalue weighted by molar-refractivity contribution is 0.0659. The van der Waals surface area contributed by atoms with Gasteiger partial charge in [0.2, 0.25) is 0 Å². The summed E-state index contributed by atoms with van der Waals surface area (Å²) < 4.78 is 5.43. The maximum absolute atomic E-state index is 12.2. The summed E-state index contributed by atoms with van der Waals surface area (Å²) in [6.45, 7) is 1.15. The SMILES string of the molecule is O=C(OCc1ccccc1)N1CCCC[C@H]1CCCCl. The average molecular weight is 296 g/mol. The van der Waals surface area contributed by atoms with Crippen LogP contribution in [0.15, 0.2) is 30.3 Å². The lowest BCUT2D eigenvalue weighted by atomic mass is 9.99. The van der Waals surface area contributed by atoms with Gasteiger partial charge in [-0.25, -0.2) is 4.79 Å². The van der Waals surface area contributed by atoms with Crippen molar-refractivity contribution in [2.75, 3.05) is 12.4 Å². The monoisotopic (exact) mass is 295 g/mol. The number of nitrogens with zero attached hydrogens (tertiary/aromatic N) is 1. The Hall–Kier alpha value is -1.22. The fraction of sp³-hybridized carbons (Fsp3) is 0.562. The lowest BCUT2D eigenvalue weighted by Crippen LogP contribution is -2.44. The predicted molar refractivity (Wildman–Crippen MR) is 80.9 cm³/mol. The maximum atomic E-state index is 12.2. The average Bonchev–Trinajstić information content (AvgIpc) is 2.52. The molecule has 0 N–H and O–H groups in total. The van der Waals surface area contributed by atoms with E-state index in [9.17, 15) is 4.79 Å². The minimum Gasteiger partial charge on any atom is -0.445 e. The third-order valence-corrected chi connectivity index (χ3v) is 4.01. The van der Waals surface area contributed by atoms with Gasteiger partial charge in [-0.2, -0.15) is 0 Å². The van der Waals surface area contributed by atoms with Crippen molar-refractivity contribution in [3.8, 4) is 0 Å². The number of amides is 1. The molecule has 0 radical (unpaired) electrons. The predicted octanol–water partition coefficient (Wildman–Crippen LogP) is 4.20. The molecule has 0 spiro atoms. The van der Waals surface area contributed by atoms with Crippen LogP contribution >= 0.6 is 11.6 Å². The molecule has 3 nitrogen and oxygen atoms in total. The van der Waals surface area contributed by atoms with Gasteiger partial charge in [0, 0.05) is 18.5 Å². The number of ether oxygens (including phenoxy) is 1. The van der Waals surface area contributed by atoms with E-state index in [1.165, 1.54) is 6.42 Å². The zero-order chi connectivity index (χ0) is 14.2. The molecule has 0 bridgehead atoms. The second-order valence-electron chi connectivity index (χ2n) is 5.21. The van der Waals surface area contributed by atoms with Crippen LogP contribution in [-0.4, -0.2) is 29.5 Å². The molecule has 4 heteroatoms. The van der Waals surface area contributed by atoms with Crippen molar-refractivity contribution in [2.24, 2.45) is 0 Å². The number of hydrogen-bond acceptors (Lipinski definition) is 2. The highest BCUT2D eigenvalue weighted by atomic mass is 35.5. The van der Waals surface area contributed by atoms with Gasteiger partial charge in [0.1, 0.15) is 6.61 Å². The molecule has 0 saturated carbocycles. The van der Waals surface area contributed by atoms with Gasteiger partial charge in [0.25, 0.3) is 0 Å². The number of alkyl halides is 1. The Morgan fingerprint density at radius 1 is 1.30 bits per heavy atom. The molecule has 0 aromatic heterocycles. The molecular formula is C16H22ClNO2. The first-order valence-electron chi connectivity index (χ1n) is 7.34. The molecule has 2 rings (SSSR count). The van der Waals surface area contributed by atoms with Crippen LogP contribution < -0.4 is 0 Å². The van der Waals surface area contributed by atoms with Crippen molar-refractivity contribution < 1.29 is 9.53 Å². The fourth-order valence-corrected chi connectivity index (χ4v) is 2.81. The Balaban J connectivity index is 1.85. The molecule has 1 aromatic carbocycles. The van der Waals surface area contributed by atoms with E-state index in [-0.39, 0.29) is 6.09 Å². The van der Waals surface area contributed by atoms with Crippen LogP contribution in [-0.2, 0) is 11.3 Å². The number of benzene rings is 1. The van der Waals surface area contributed by atoms with E-state index in [2.05, 4.69) is 0 Å². The third kappa shape index (κ3) is 4.41. The zero-order valence-corrected chi connectivity index (χ0v) is 12.5. The summed E-state index contributed by atoms with van der Waals surface area (Å²) >= 11 is 5.75. The Bertz CT molecular complexity index is 410. The Kier molecular flexibility index (Phi) is 6.19. The van der Waals surface area contributed by atoms with Gasteiger partial charge < -0.3 is 9.64 Å². The van der Waals surface area contributed by atoms with Crippen LogP contribution in [0.4, 0.5) is 4.79 Å². The molecule has 0 aliphatic carbocycles. The van der Waals surface area contributed by atoms with Gasteiger partial charge in [-0.1, -0.05) is 30.3 Å². The van der Waals surface area contributed by atoms with E-state index in [1.807, 2.05) is 35.2 Å². The number of rotatable bonds is 5. The highest BCUT2D eigenvalue weighted by molar-refractivity contribution is 6.17. The second-order valence-corrected chi connectivity index (χ2v) is 5.59. The Labute approximate surface area is 125 Å². The van der Waals surface area contributed by atoms with Crippen molar-refractivity contribution in [1.29, 1.82) is 0 Å². The van der Waals surface area contributed by atoms with Gasteiger partial charge >= 0.3 is 6.09 Å². The first-order valence-corrected chi connectivity index (χ1v) is 7.88. The molecule has 1 amide bonds. The van der Waals surface area contributed by atoms with E-state index < -0.39 is 0 Å². The van der Waals surface area contributed by atoms with E-state index >= 15 is 0 Å². The molecule has 1 aliphatic rings. The van der Waals surface area contributed by atoms with E-state index in [0.717, 1.165) is 37.8 Å². The number of halogens is 1. The van der Waals surface area contributed by atoms with Gasteiger partial charge in [0.15, 0.2) is 0 Å². The number of hydrogen-bond donors (Lipinski definition) is 0. The summed E-state index contributed by atoms with van der Waals surface area (Å²) in [5.41, 5.74) is 1.02. The van der Waals surface area contributed by atoms with Crippen molar-refractivity contribution in [2.45, 2.75) is 44.8 Å². The summed E-state index contributed by atoms with van der Waals surface area (Å²) in [6, 6.07) is 10.1. The minimum atomic E-state index is -0.187. The molecule has 1 saturated heterocycles. The summed E-state index contributed by atoms with van der Waals surface area (Å²) in [5.74, 6) is 0.656. The summed E-state index contributed by atoms with van der Waals surface area (Å²) in [7, 11) is 0. The second kappa shape index (κ2) is 8.15. The van der Waals surface area contributed by atoms with Crippen LogP contribution in [0, 0.1) is 0 Å². The number of carbonyl (C=O) groups is 1. The Morgan fingerprint density at radius 2 is 2.10 bits per heavy atom. The van der Waals surface area contributed by atoms with Gasteiger partial charge in [0.05, 0.1) is 0 Å². The van der Waals surface area contributed by atoms with Crippen LogP contribution in [0.2, 0.25) is 0 Å². The first-order chi connectivity index (χ1) is 9.81. The van der Waals surface area contributed by atoms with E-state index in [0.29, 0.717) is 18.5 Å². The summed E-state index contributed by atoms with van der Waals surface area (Å²) in [4.78, 5) is 14.1. The van der Waals surface area contributed by atoms with Crippen molar-refractivity contribution in [3.63, 3.8) is 0 Å². The molecule has 1 heterocycles. The highest BCUT2D eigenvalue weighted by Crippen LogP contribution is 2.22. The van der Waals surface area contributed by atoms with Gasteiger partial charge in [-0.3, -0.25) is 0 Å². The molecule has 110 valence electrons. The molecular weight excluding hydrogens is 274 g/mol. The minimum absolute atomic E-state index is 0.187. The number of piperidine rings is 1. The van der Waals surface area contributed by atoms with Crippen LogP contribution in [0.1, 0.15) is 37.7 Å². The lowest BCUT2D eigenvalue weighted by Gasteiger charge is -2.34. The smallest absolute Gasteiger partial charge is 0.410 e. The standard InChI is InChI=1S/C16H22ClNO2/c17-11-6-10-15-9-4-5-12-18(15)16(19)20-13-14-7-2-1-3-8-14/h1-3,7-8,15H,4-6,9-13H2/t15-/m0/s1. The number of carbonyl (C=O) groups excluding carboxylic acids is 1. The molecule has 1 fully saturated rings. The topological polar surface area (TPSA) is 29.5 Å². The first kappa shape index (κ1) is 15.2. The highest BCUT2D eigenvalue weighted by Gasteiger charge is 2.27. The van der Waals surface area contributed by atoms with E-state index in [1.54, 1.807) is 0 Å². The summed E-state index contributed by atoms with van der Waals surface area (Å²) in [6.07, 6.45) is 5.07. The summed E-state index contributed by atoms with van der Waals surface area (Å²) in [5, 5.41) is 0. The largest absolute Gasteiger partial charge is 0.445 e. The van der Waals surface area contributed by atoms with Crippen LogP contribution in [0.5, 0.6) is 0 Å². The fourth-order valence-electron chi connectivity index (χ4n) is 2.66. The molecule has 1 atom stereocenters. The number of likely N-dealkylation sites (tertiary alicyclic amines) is 1. The molecule has 20 heavy (non-hydrogen) atoms.